The minimum absolute atomic E-state index is 0.385. The fraction of sp³-hybridized carbons (Fsp3) is 0.583. The van der Waals surface area contributed by atoms with Crippen molar-refractivity contribution >= 4 is 34.8 Å². The number of hydrogen-bond donors (Lipinski definition) is 2. The Morgan fingerprint density at radius 3 is 2.24 bits per heavy atom. The predicted molar refractivity (Wildman–Crippen MR) is 76.4 cm³/mol. The van der Waals surface area contributed by atoms with Crippen molar-refractivity contribution in [1.82, 2.24) is 4.98 Å². The van der Waals surface area contributed by atoms with Crippen LogP contribution in [0.4, 0.5) is 11.6 Å². The number of halogens is 2. The van der Waals surface area contributed by atoms with Crippen LogP contribution in [0.2, 0.25) is 10.0 Å². The number of aromatic nitrogens is 1. The quantitative estimate of drug-likeness (QED) is 0.807. The highest BCUT2D eigenvalue weighted by molar-refractivity contribution is 6.37. The van der Waals surface area contributed by atoms with Crippen LogP contribution < -0.4 is 10.6 Å². The van der Waals surface area contributed by atoms with Gasteiger partial charge in [-0.2, -0.15) is 0 Å². The number of nitrogens with zero attached hydrogens (tertiary/aromatic N) is 1. The van der Waals surface area contributed by atoms with Gasteiger partial charge in [0.1, 0.15) is 11.6 Å². The second kappa shape index (κ2) is 6.92. The molecule has 0 saturated carbocycles. The van der Waals surface area contributed by atoms with E-state index in [1.165, 1.54) is 0 Å². The molecule has 1 rings (SSSR count). The first-order valence-electron chi connectivity index (χ1n) is 5.98. The highest BCUT2D eigenvalue weighted by Crippen LogP contribution is 2.29. The molecule has 3 nitrogen and oxygen atoms in total. The van der Waals surface area contributed by atoms with Crippen molar-refractivity contribution in [3.63, 3.8) is 0 Å². The van der Waals surface area contributed by atoms with Crippen molar-refractivity contribution in [2.75, 3.05) is 17.2 Å². The average Bonchev–Trinajstić information content (AvgIpc) is 2.31. The molecule has 0 bridgehead atoms. The lowest BCUT2D eigenvalue weighted by atomic mass is 10.2. The van der Waals surface area contributed by atoms with Gasteiger partial charge in [0.2, 0.25) is 0 Å². The number of pyridine rings is 1. The molecule has 96 valence electrons. The third kappa shape index (κ3) is 3.93. The van der Waals surface area contributed by atoms with Crippen LogP contribution in [0, 0.1) is 0 Å². The van der Waals surface area contributed by atoms with Crippen molar-refractivity contribution < 1.29 is 0 Å². The fourth-order valence-corrected chi connectivity index (χ4v) is 2.03. The topological polar surface area (TPSA) is 37.0 Å². The molecule has 0 aliphatic carbocycles. The molecule has 0 atom stereocenters. The molecule has 0 saturated heterocycles. The highest BCUT2D eigenvalue weighted by Gasteiger charge is 2.11. The third-order valence-corrected chi connectivity index (χ3v) is 3.18. The molecule has 5 heteroatoms. The van der Waals surface area contributed by atoms with Gasteiger partial charge in [0.15, 0.2) is 0 Å². The zero-order chi connectivity index (χ0) is 12.8. The van der Waals surface area contributed by atoms with E-state index >= 15 is 0 Å². The zero-order valence-corrected chi connectivity index (χ0v) is 12.0. The summed E-state index contributed by atoms with van der Waals surface area (Å²) >= 11 is 12.2. The third-order valence-electron chi connectivity index (χ3n) is 2.60. The summed E-state index contributed by atoms with van der Waals surface area (Å²) in [6.45, 7) is 7.05. The van der Waals surface area contributed by atoms with Gasteiger partial charge in [-0.15, -0.1) is 0 Å². The van der Waals surface area contributed by atoms with Gasteiger partial charge < -0.3 is 10.6 Å². The Bertz CT molecular complexity index is 365. The number of hydrogen-bond acceptors (Lipinski definition) is 3. The predicted octanol–water partition coefficient (Wildman–Crippen LogP) is 4.42. The fourth-order valence-electron chi connectivity index (χ4n) is 1.55. The van der Waals surface area contributed by atoms with Crippen LogP contribution in [0.3, 0.4) is 0 Å². The summed E-state index contributed by atoms with van der Waals surface area (Å²) in [4.78, 5) is 4.41. The van der Waals surface area contributed by atoms with E-state index < -0.39 is 0 Å². The molecule has 0 spiro atoms. The van der Waals surface area contributed by atoms with Crippen LogP contribution in [-0.2, 0) is 0 Å². The van der Waals surface area contributed by atoms with Gasteiger partial charge in [0.25, 0.3) is 0 Å². The van der Waals surface area contributed by atoms with Gasteiger partial charge in [-0.3, -0.25) is 0 Å². The van der Waals surface area contributed by atoms with Crippen LogP contribution in [-0.4, -0.2) is 17.6 Å². The lowest BCUT2D eigenvalue weighted by Gasteiger charge is -2.17. The van der Waals surface area contributed by atoms with Crippen molar-refractivity contribution in [1.29, 1.82) is 0 Å². The summed E-state index contributed by atoms with van der Waals surface area (Å²) in [6, 6.07) is 2.11. The lowest BCUT2D eigenvalue weighted by Crippen LogP contribution is -2.18. The molecule has 1 aromatic rings. The Kier molecular flexibility index (Phi) is 5.86. The van der Waals surface area contributed by atoms with Gasteiger partial charge in [-0.25, -0.2) is 4.98 Å². The smallest absolute Gasteiger partial charge is 0.147 e. The zero-order valence-electron chi connectivity index (χ0n) is 10.5. The molecule has 1 aromatic heterocycles. The number of anilines is 2. The first-order chi connectivity index (χ1) is 8.12. The average molecular weight is 276 g/mol. The highest BCUT2D eigenvalue weighted by atomic mass is 35.5. The Balaban J connectivity index is 2.94. The van der Waals surface area contributed by atoms with E-state index in [-0.39, 0.29) is 0 Å². The van der Waals surface area contributed by atoms with Crippen molar-refractivity contribution in [2.45, 2.75) is 39.7 Å². The first-order valence-corrected chi connectivity index (χ1v) is 6.74. The molecular formula is C12H19Cl2N3. The van der Waals surface area contributed by atoms with Crippen molar-refractivity contribution in [3.05, 3.63) is 16.1 Å². The maximum absolute atomic E-state index is 6.12. The van der Waals surface area contributed by atoms with E-state index in [2.05, 4.69) is 29.5 Å². The molecule has 0 amide bonds. The normalized spacial score (nSPS) is 10.7. The summed E-state index contributed by atoms with van der Waals surface area (Å²) < 4.78 is 0. The van der Waals surface area contributed by atoms with Crippen molar-refractivity contribution in [2.24, 2.45) is 0 Å². The Hall–Kier alpha value is -0.670. The van der Waals surface area contributed by atoms with Crippen LogP contribution >= 0.6 is 23.2 Å². The van der Waals surface area contributed by atoms with E-state index in [1.54, 1.807) is 6.07 Å². The van der Waals surface area contributed by atoms with Crippen molar-refractivity contribution in [3.8, 4) is 0 Å². The second-order valence-corrected chi connectivity index (χ2v) is 4.65. The van der Waals surface area contributed by atoms with Crippen LogP contribution in [0.5, 0.6) is 0 Å². The largest absolute Gasteiger partial charge is 0.369 e. The SMILES string of the molecule is CCNc1nc(NC(CC)CC)c(Cl)cc1Cl. The van der Waals surface area contributed by atoms with Gasteiger partial charge in [-0.1, -0.05) is 37.0 Å². The molecule has 1 heterocycles. The molecule has 0 radical (unpaired) electrons. The Morgan fingerprint density at radius 2 is 1.71 bits per heavy atom. The van der Waals surface area contributed by atoms with Crippen LogP contribution in [0.15, 0.2) is 6.07 Å². The van der Waals surface area contributed by atoms with Gasteiger partial charge >= 0.3 is 0 Å². The molecule has 2 N–H and O–H groups in total. The van der Waals surface area contributed by atoms with Gasteiger partial charge in [-0.05, 0) is 25.8 Å². The standard InChI is InChI=1S/C12H19Cl2N3/c1-4-8(5-2)16-12-10(14)7-9(13)11(17-12)15-6-3/h7-8H,4-6H2,1-3H3,(H2,15,16,17). The van der Waals surface area contributed by atoms with Crippen LogP contribution in [0.25, 0.3) is 0 Å². The molecule has 0 fully saturated rings. The summed E-state index contributed by atoms with van der Waals surface area (Å²) in [6.07, 6.45) is 2.07. The van der Waals surface area contributed by atoms with E-state index in [0.717, 1.165) is 19.4 Å². The Morgan fingerprint density at radius 1 is 1.12 bits per heavy atom. The maximum Gasteiger partial charge on any atom is 0.147 e. The minimum atomic E-state index is 0.385. The molecule has 0 aliphatic rings. The number of nitrogens with one attached hydrogen (secondary N) is 2. The van der Waals surface area contributed by atoms with E-state index in [0.29, 0.717) is 27.7 Å². The summed E-state index contributed by atoms with van der Waals surface area (Å²) in [7, 11) is 0. The van der Waals surface area contributed by atoms with E-state index in [1.807, 2.05) is 6.92 Å². The van der Waals surface area contributed by atoms with Crippen LogP contribution in [0.1, 0.15) is 33.6 Å². The van der Waals surface area contributed by atoms with Gasteiger partial charge in [0.05, 0.1) is 10.0 Å². The lowest BCUT2D eigenvalue weighted by molar-refractivity contribution is 0.669. The molecular weight excluding hydrogens is 257 g/mol. The number of rotatable bonds is 6. The first kappa shape index (κ1) is 14.4. The maximum atomic E-state index is 6.12. The summed E-state index contributed by atoms with van der Waals surface area (Å²) in [5.41, 5.74) is 0. The minimum Gasteiger partial charge on any atom is -0.369 e. The summed E-state index contributed by atoms with van der Waals surface area (Å²) in [5, 5.41) is 7.55. The molecule has 0 aromatic carbocycles. The Labute approximate surface area is 113 Å². The molecule has 17 heavy (non-hydrogen) atoms. The molecule has 0 aliphatic heterocycles. The van der Waals surface area contributed by atoms with Gasteiger partial charge in [0, 0.05) is 12.6 Å². The van der Waals surface area contributed by atoms with E-state index in [4.69, 9.17) is 23.2 Å². The van der Waals surface area contributed by atoms with E-state index in [9.17, 15) is 0 Å². The second-order valence-electron chi connectivity index (χ2n) is 3.84. The molecule has 0 unspecified atom stereocenters. The monoisotopic (exact) mass is 275 g/mol. The summed E-state index contributed by atoms with van der Waals surface area (Å²) in [5.74, 6) is 1.37.